The van der Waals surface area contributed by atoms with E-state index in [1.807, 2.05) is 42.1 Å². The molecule has 6 heteroatoms. The number of aromatic nitrogens is 5. The zero-order valence-electron chi connectivity index (χ0n) is 11.7. The van der Waals surface area contributed by atoms with Gasteiger partial charge in [0.15, 0.2) is 5.82 Å². The van der Waals surface area contributed by atoms with Crippen molar-refractivity contribution in [3.8, 4) is 11.4 Å². The summed E-state index contributed by atoms with van der Waals surface area (Å²) in [4.78, 5) is 12.2. The molecule has 1 aliphatic heterocycles. The van der Waals surface area contributed by atoms with Crippen molar-refractivity contribution in [1.82, 2.24) is 30.0 Å². The van der Waals surface area contributed by atoms with Crippen LogP contribution in [-0.2, 0) is 20.0 Å². The molecule has 21 heavy (non-hydrogen) atoms. The Hall–Kier alpha value is -2.47. The minimum Gasteiger partial charge on any atom is -0.347 e. The molecule has 6 nitrogen and oxygen atoms in total. The molecule has 0 radical (unpaired) electrons. The SMILES string of the molecule is Cn1nc(-c2ccccc2)nc1C1Cc2nc[nH]c2CN1. The number of rotatable bonds is 2. The predicted molar refractivity (Wildman–Crippen MR) is 78.3 cm³/mol. The third kappa shape index (κ3) is 2.13. The Balaban J connectivity index is 1.66. The van der Waals surface area contributed by atoms with Crippen molar-refractivity contribution in [1.29, 1.82) is 0 Å². The van der Waals surface area contributed by atoms with E-state index in [1.165, 1.54) is 0 Å². The van der Waals surface area contributed by atoms with E-state index in [0.717, 1.165) is 41.6 Å². The summed E-state index contributed by atoms with van der Waals surface area (Å²) in [5.41, 5.74) is 3.32. The van der Waals surface area contributed by atoms with Crippen LogP contribution in [0, 0.1) is 0 Å². The predicted octanol–water partition coefficient (Wildman–Crippen LogP) is 1.59. The Labute approximate surface area is 122 Å². The lowest BCUT2D eigenvalue weighted by Gasteiger charge is -2.21. The van der Waals surface area contributed by atoms with Gasteiger partial charge in [-0.1, -0.05) is 30.3 Å². The summed E-state index contributed by atoms with van der Waals surface area (Å²) in [6, 6.07) is 10.2. The second-order valence-corrected chi connectivity index (χ2v) is 5.25. The van der Waals surface area contributed by atoms with Crippen LogP contribution in [0.2, 0.25) is 0 Å². The summed E-state index contributed by atoms with van der Waals surface area (Å²) in [5, 5.41) is 8.03. The lowest BCUT2D eigenvalue weighted by molar-refractivity contribution is 0.450. The Kier molecular flexibility index (Phi) is 2.82. The summed E-state index contributed by atoms with van der Waals surface area (Å²) in [6.07, 6.45) is 2.58. The maximum absolute atomic E-state index is 4.71. The van der Waals surface area contributed by atoms with Crippen molar-refractivity contribution in [2.45, 2.75) is 19.0 Å². The van der Waals surface area contributed by atoms with Gasteiger partial charge in [-0.2, -0.15) is 5.10 Å². The van der Waals surface area contributed by atoms with E-state index in [-0.39, 0.29) is 6.04 Å². The molecule has 0 aliphatic carbocycles. The van der Waals surface area contributed by atoms with Gasteiger partial charge in [0.05, 0.1) is 23.8 Å². The van der Waals surface area contributed by atoms with Gasteiger partial charge in [0, 0.05) is 25.6 Å². The monoisotopic (exact) mass is 280 g/mol. The highest BCUT2D eigenvalue weighted by Gasteiger charge is 2.25. The average Bonchev–Trinajstić information content (AvgIpc) is 3.13. The minimum atomic E-state index is 0.149. The molecule has 0 saturated heterocycles. The normalized spacial score (nSPS) is 17.7. The quantitative estimate of drug-likeness (QED) is 0.748. The van der Waals surface area contributed by atoms with E-state index >= 15 is 0 Å². The fourth-order valence-corrected chi connectivity index (χ4v) is 2.76. The van der Waals surface area contributed by atoms with Crippen molar-refractivity contribution in [3.05, 3.63) is 53.9 Å². The smallest absolute Gasteiger partial charge is 0.181 e. The maximum Gasteiger partial charge on any atom is 0.181 e. The lowest BCUT2D eigenvalue weighted by atomic mass is 10.0. The zero-order valence-corrected chi connectivity index (χ0v) is 11.7. The molecule has 106 valence electrons. The molecular formula is C15H16N6. The van der Waals surface area contributed by atoms with Crippen LogP contribution in [0.5, 0.6) is 0 Å². The number of hydrogen-bond acceptors (Lipinski definition) is 4. The molecule has 1 aromatic carbocycles. The van der Waals surface area contributed by atoms with Crippen LogP contribution in [0.25, 0.3) is 11.4 Å². The molecule has 1 unspecified atom stereocenters. The molecule has 3 heterocycles. The zero-order chi connectivity index (χ0) is 14.2. The van der Waals surface area contributed by atoms with Crippen molar-refractivity contribution >= 4 is 0 Å². The summed E-state index contributed by atoms with van der Waals surface area (Å²) in [7, 11) is 1.94. The topological polar surface area (TPSA) is 71.4 Å². The fourth-order valence-electron chi connectivity index (χ4n) is 2.76. The van der Waals surface area contributed by atoms with E-state index in [4.69, 9.17) is 4.98 Å². The number of fused-ring (bicyclic) bond motifs is 1. The lowest BCUT2D eigenvalue weighted by Crippen LogP contribution is -2.30. The Morgan fingerprint density at radius 3 is 2.95 bits per heavy atom. The van der Waals surface area contributed by atoms with Gasteiger partial charge in [-0.25, -0.2) is 9.97 Å². The van der Waals surface area contributed by atoms with Crippen LogP contribution in [-0.4, -0.2) is 24.7 Å². The number of aromatic amines is 1. The van der Waals surface area contributed by atoms with Gasteiger partial charge < -0.3 is 10.3 Å². The molecule has 1 atom stereocenters. The van der Waals surface area contributed by atoms with Crippen LogP contribution in [0.1, 0.15) is 23.3 Å². The molecule has 0 amide bonds. The third-order valence-electron chi connectivity index (χ3n) is 3.87. The van der Waals surface area contributed by atoms with E-state index in [9.17, 15) is 0 Å². The number of H-pyrrole nitrogens is 1. The molecular weight excluding hydrogens is 264 g/mol. The van der Waals surface area contributed by atoms with Crippen molar-refractivity contribution in [2.24, 2.45) is 7.05 Å². The van der Waals surface area contributed by atoms with Crippen molar-refractivity contribution in [3.63, 3.8) is 0 Å². The molecule has 0 bridgehead atoms. The van der Waals surface area contributed by atoms with E-state index in [0.29, 0.717) is 0 Å². The van der Waals surface area contributed by atoms with E-state index < -0.39 is 0 Å². The highest BCUT2D eigenvalue weighted by molar-refractivity contribution is 5.54. The summed E-state index contributed by atoms with van der Waals surface area (Å²) < 4.78 is 1.86. The van der Waals surface area contributed by atoms with Gasteiger partial charge in [-0.3, -0.25) is 4.68 Å². The Morgan fingerprint density at radius 2 is 2.10 bits per heavy atom. The van der Waals surface area contributed by atoms with Gasteiger partial charge in [0.2, 0.25) is 0 Å². The minimum absolute atomic E-state index is 0.149. The molecule has 4 rings (SSSR count). The maximum atomic E-state index is 4.71. The standard InChI is InChI=1S/C15H16N6/c1-21-15(12-7-11-13(8-16-12)18-9-17-11)19-14(20-21)10-5-3-2-4-6-10/h2-6,9,12,16H,7-8H2,1H3,(H,17,18). The second kappa shape index (κ2) is 4.82. The molecule has 0 fully saturated rings. The van der Waals surface area contributed by atoms with Gasteiger partial charge >= 0.3 is 0 Å². The average molecular weight is 280 g/mol. The summed E-state index contributed by atoms with van der Waals surface area (Å²) in [5.74, 6) is 1.71. The second-order valence-electron chi connectivity index (χ2n) is 5.25. The number of hydrogen-bond donors (Lipinski definition) is 2. The molecule has 1 aliphatic rings. The first-order chi connectivity index (χ1) is 10.3. The first-order valence-electron chi connectivity index (χ1n) is 7.02. The van der Waals surface area contributed by atoms with Crippen LogP contribution < -0.4 is 5.32 Å². The van der Waals surface area contributed by atoms with Gasteiger partial charge in [-0.05, 0) is 0 Å². The van der Waals surface area contributed by atoms with Gasteiger partial charge in [-0.15, -0.1) is 0 Å². The number of nitrogens with zero attached hydrogens (tertiary/aromatic N) is 4. The van der Waals surface area contributed by atoms with Crippen LogP contribution in [0.4, 0.5) is 0 Å². The fraction of sp³-hybridized carbons (Fsp3) is 0.267. The molecule has 0 saturated carbocycles. The van der Waals surface area contributed by atoms with Crippen LogP contribution in [0.15, 0.2) is 36.7 Å². The van der Waals surface area contributed by atoms with E-state index in [1.54, 1.807) is 6.33 Å². The molecule has 0 spiro atoms. The number of benzene rings is 1. The van der Waals surface area contributed by atoms with Crippen molar-refractivity contribution in [2.75, 3.05) is 0 Å². The molecule has 2 aromatic heterocycles. The largest absolute Gasteiger partial charge is 0.347 e. The summed E-state index contributed by atoms with van der Waals surface area (Å²) >= 11 is 0. The van der Waals surface area contributed by atoms with Crippen LogP contribution in [0.3, 0.4) is 0 Å². The highest BCUT2D eigenvalue weighted by atomic mass is 15.3. The number of aryl methyl sites for hydroxylation is 1. The third-order valence-corrected chi connectivity index (χ3v) is 3.87. The first kappa shape index (κ1) is 12.3. The van der Waals surface area contributed by atoms with Gasteiger partial charge in [0.1, 0.15) is 5.82 Å². The number of nitrogens with one attached hydrogen (secondary N) is 2. The molecule has 3 aromatic rings. The van der Waals surface area contributed by atoms with Gasteiger partial charge in [0.25, 0.3) is 0 Å². The highest BCUT2D eigenvalue weighted by Crippen LogP contribution is 2.24. The van der Waals surface area contributed by atoms with E-state index in [2.05, 4.69) is 20.4 Å². The first-order valence-corrected chi connectivity index (χ1v) is 7.02. The number of imidazole rings is 1. The Bertz CT molecular complexity index is 758. The van der Waals surface area contributed by atoms with Crippen molar-refractivity contribution < 1.29 is 0 Å². The molecule has 2 N–H and O–H groups in total. The van der Waals surface area contributed by atoms with Crippen LogP contribution >= 0.6 is 0 Å². The Morgan fingerprint density at radius 1 is 1.24 bits per heavy atom. The summed E-state index contributed by atoms with van der Waals surface area (Å²) in [6.45, 7) is 0.785.